The van der Waals surface area contributed by atoms with Crippen molar-refractivity contribution >= 4 is 11.4 Å². The molecule has 33 heavy (non-hydrogen) atoms. The van der Waals surface area contributed by atoms with Gasteiger partial charge in [-0.2, -0.15) is 0 Å². The highest BCUT2D eigenvalue weighted by molar-refractivity contribution is 6.13. The Bertz CT molecular complexity index is 1030. The summed E-state index contributed by atoms with van der Waals surface area (Å²) in [5.41, 5.74) is 11.4. The number of methoxy groups -OCH3 is 1. The van der Waals surface area contributed by atoms with Gasteiger partial charge in [-0.3, -0.25) is 4.99 Å². The second kappa shape index (κ2) is 9.46. The van der Waals surface area contributed by atoms with Gasteiger partial charge in [0.15, 0.2) is 0 Å². The molecule has 2 fully saturated rings. The van der Waals surface area contributed by atoms with E-state index in [2.05, 4.69) is 65.6 Å². The highest BCUT2D eigenvalue weighted by Gasteiger charge is 2.56. The Morgan fingerprint density at radius 2 is 1.48 bits per heavy atom. The number of aliphatic imine (C=N–C) groups is 1. The van der Waals surface area contributed by atoms with Gasteiger partial charge in [-0.05, 0) is 17.7 Å². The predicted octanol–water partition coefficient (Wildman–Crippen LogP) is 4.64. The first-order chi connectivity index (χ1) is 16.2. The Morgan fingerprint density at radius 3 is 1.97 bits per heavy atom. The van der Waals surface area contributed by atoms with E-state index in [1.54, 1.807) is 7.11 Å². The quantitative estimate of drug-likeness (QED) is 0.516. The third kappa shape index (κ3) is 4.43. The number of nitrogens with zero attached hydrogens (tertiary/aromatic N) is 2. The topological polar surface area (TPSA) is 50.8 Å². The van der Waals surface area contributed by atoms with Crippen molar-refractivity contribution in [2.24, 2.45) is 22.6 Å². The van der Waals surface area contributed by atoms with Crippen LogP contribution in [0.4, 0.5) is 10.1 Å². The smallest absolute Gasteiger partial charge is 0.107 e. The Kier molecular flexibility index (Phi) is 6.25. The van der Waals surface area contributed by atoms with Crippen LogP contribution in [0.5, 0.6) is 0 Å². The molecule has 0 aromatic heterocycles. The van der Waals surface area contributed by atoms with Crippen LogP contribution in [0, 0.1) is 11.8 Å². The summed E-state index contributed by atoms with van der Waals surface area (Å²) in [5, 5.41) is 0. The number of ether oxygens (including phenoxy) is 1. The highest BCUT2D eigenvalue weighted by atomic mass is 19.1. The van der Waals surface area contributed by atoms with E-state index in [4.69, 9.17) is 15.5 Å². The van der Waals surface area contributed by atoms with Crippen molar-refractivity contribution in [2.45, 2.75) is 18.2 Å². The monoisotopic (exact) mass is 443 g/mol. The first-order valence-corrected chi connectivity index (χ1v) is 11.6. The molecule has 0 amide bonds. The maximum atomic E-state index is 13.0. The van der Waals surface area contributed by atoms with Gasteiger partial charge in [0.05, 0.1) is 23.9 Å². The summed E-state index contributed by atoms with van der Waals surface area (Å²) in [6.07, 6.45) is -0.427. The first kappa shape index (κ1) is 21.8. The van der Waals surface area contributed by atoms with Crippen molar-refractivity contribution in [3.8, 4) is 0 Å². The summed E-state index contributed by atoms with van der Waals surface area (Å²) in [7, 11) is 1.57. The second-order valence-corrected chi connectivity index (χ2v) is 9.00. The highest BCUT2D eigenvalue weighted by Crippen LogP contribution is 2.49. The Balaban J connectivity index is 1.29. The third-order valence-electron chi connectivity index (χ3n) is 6.93. The molecule has 0 bridgehead atoms. The molecule has 1 saturated heterocycles. The van der Waals surface area contributed by atoms with Gasteiger partial charge in [0.1, 0.15) is 6.67 Å². The van der Waals surface area contributed by atoms with Crippen molar-refractivity contribution in [2.75, 3.05) is 31.8 Å². The van der Waals surface area contributed by atoms with Crippen LogP contribution < -0.4 is 10.6 Å². The largest absolute Gasteiger partial charge is 0.375 e. The fraction of sp³-hybridized carbons (Fsp3) is 0.321. The number of fused-ring (bicyclic) bond motifs is 1. The molecular weight excluding hydrogens is 413 g/mol. The van der Waals surface area contributed by atoms with Crippen LogP contribution in [0.1, 0.15) is 22.8 Å². The molecule has 170 valence electrons. The number of alkyl halides is 1. The summed E-state index contributed by atoms with van der Waals surface area (Å²) in [6.45, 7) is 1.41. The van der Waals surface area contributed by atoms with Crippen LogP contribution in [0.25, 0.3) is 0 Å². The molecule has 1 saturated carbocycles. The summed E-state index contributed by atoms with van der Waals surface area (Å²) in [5.74, 6) is 1.16. The minimum absolute atomic E-state index is 0.372. The normalized spacial score (nSPS) is 23.0. The zero-order valence-electron chi connectivity index (χ0n) is 18.8. The number of halogens is 1. The van der Waals surface area contributed by atoms with Gasteiger partial charge >= 0.3 is 0 Å². The Hall–Kier alpha value is -3.02. The molecule has 0 spiro atoms. The van der Waals surface area contributed by atoms with E-state index in [0.29, 0.717) is 17.9 Å². The molecule has 2 N–H and O–H groups in total. The second-order valence-electron chi connectivity index (χ2n) is 9.00. The van der Waals surface area contributed by atoms with E-state index in [1.165, 1.54) is 16.8 Å². The van der Waals surface area contributed by atoms with E-state index < -0.39 is 18.8 Å². The van der Waals surface area contributed by atoms with Crippen LogP contribution in [0.2, 0.25) is 0 Å². The SMILES string of the molecule is CO[C@H](c1ccc(N2C[C@@H]3[C@H](C2)[C@H]3N=C(c2ccccc2)c2ccccc2)cc1)[C@H](N)CF. The van der Waals surface area contributed by atoms with Gasteiger partial charge in [0.25, 0.3) is 0 Å². The van der Waals surface area contributed by atoms with Crippen LogP contribution in [-0.2, 0) is 4.74 Å². The van der Waals surface area contributed by atoms with Crippen molar-refractivity contribution in [3.05, 3.63) is 102 Å². The molecule has 3 aromatic rings. The van der Waals surface area contributed by atoms with Crippen molar-refractivity contribution in [1.82, 2.24) is 0 Å². The van der Waals surface area contributed by atoms with Gasteiger partial charge in [0, 0.05) is 48.8 Å². The lowest BCUT2D eigenvalue weighted by molar-refractivity contribution is 0.0721. The lowest BCUT2D eigenvalue weighted by atomic mass is 10.0. The van der Waals surface area contributed by atoms with E-state index in [0.717, 1.165) is 24.4 Å². The van der Waals surface area contributed by atoms with E-state index >= 15 is 0 Å². The average molecular weight is 444 g/mol. The van der Waals surface area contributed by atoms with E-state index in [1.807, 2.05) is 24.3 Å². The molecule has 1 heterocycles. The van der Waals surface area contributed by atoms with Gasteiger partial charge < -0.3 is 15.4 Å². The number of piperidine rings is 1. The number of nitrogens with two attached hydrogens (primary N) is 1. The standard InChI is InChI=1S/C28H30FN3O/c1-33-28(25(30)16-29)21-12-14-22(15-13-21)32-17-23-24(18-32)27(23)31-26(19-8-4-2-5-9-19)20-10-6-3-7-11-20/h2-15,23-25,27-28H,16-18,30H2,1H3/t23-,24+,25-,27+,28-/m1/s1. The van der Waals surface area contributed by atoms with Crippen LogP contribution in [0.3, 0.4) is 0 Å². The molecule has 0 radical (unpaired) electrons. The van der Waals surface area contributed by atoms with Crippen LogP contribution >= 0.6 is 0 Å². The molecule has 3 aromatic carbocycles. The molecule has 5 heteroatoms. The molecule has 4 nitrogen and oxygen atoms in total. The molecule has 5 rings (SSSR count). The number of anilines is 1. The number of hydrogen-bond acceptors (Lipinski definition) is 4. The maximum Gasteiger partial charge on any atom is 0.107 e. The predicted molar refractivity (Wildman–Crippen MR) is 132 cm³/mol. The average Bonchev–Trinajstić information content (AvgIpc) is 3.31. The van der Waals surface area contributed by atoms with Crippen molar-refractivity contribution < 1.29 is 9.13 Å². The number of hydrogen-bond donors (Lipinski definition) is 1. The van der Waals surface area contributed by atoms with Crippen LogP contribution in [0.15, 0.2) is 89.9 Å². The number of benzene rings is 3. The zero-order chi connectivity index (χ0) is 22.8. The summed E-state index contributed by atoms with van der Waals surface area (Å²) < 4.78 is 18.4. The van der Waals surface area contributed by atoms with Crippen molar-refractivity contribution in [1.29, 1.82) is 0 Å². The zero-order valence-corrected chi connectivity index (χ0v) is 18.8. The first-order valence-electron chi connectivity index (χ1n) is 11.6. The number of rotatable bonds is 8. The summed E-state index contributed by atoms with van der Waals surface area (Å²) >= 11 is 0. The molecule has 0 unspecified atom stereocenters. The van der Waals surface area contributed by atoms with Gasteiger partial charge in [-0.1, -0.05) is 72.8 Å². The summed E-state index contributed by atoms with van der Waals surface area (Å²) in [6, 6.07) is 28.8. The minimum atomic E-state index is -0.651. The lowest BCUT2D eigenvalue weighted by Gasteiger charge is -2.24. The van der Waals surface area contributed by atoms with Crippen LogP contribution in [-0.4, -0.2) is 44.7 Å². The van der Waals surface area contributed by atoms with E-state index in [-0.39, 0.29) is 0 Å². The molecular formula is C28H30FN3O. The summed E-state index contributed by atoms with van der Waals surface area (Å²) in [4.78, 5) is 7.67. The third-order valence-corrected chi connectivity index (χ3v) is 6.93. The van der Waals surface area contributed by atoms with Gasteiger partial charge in [-0.15, -0.1) is 0 Å². The lowest BCUT2D eigenvalue weighted by Crippen LogP contribution is -2.31. The minimum Gasteiger partial charge on any atom is -0.375 e. The fourth-order valence-electron chi connectivity index (χ4n) is 5.07. The fourth-order valence-corrected chi connectivity index (χ4v) is 5.07. The maximum absolute atomic E-state index is 13.0. The Labute approximate surface area is 194 Å². The van der Waals surface area contributed by atoms with Gasteiger partial charge in [0.2, 0.25) is 0 Å². The molecule has 5 atom stereocenters. The Morgan fingerprint density at radius 1 is 0.939 bits per heavy atom. The molecule has 2 aliphatic rings. The van der Waals surface area contributed by atoms with E-state index in [9.17, 15) is 4.39 Å². The van der Waals surface area contributed by atoms with Gasteiger partial charge in [-0.25, -0.2) is 4.39 Å². The molecule has 1 aliphatic carbocycles. The van der Waals surface area contributed by atoms with Crippen molar-refractivity contribution in [3.63, 3.8) is 0 Å². The molecule has 1 aliphatic heterocycles.